The first-order valence-corrected chi connectivity index (χ1v) is 10.7. The Bertz CT molecular complexity index is 1080. The molecule has 7 nitrogen and oxygen atoms in total. The van der Waals surface area contributed by atoms with Crippen LogP contribution in [0.4, 0.5) is 27.5 Å². The third-order valence-corrected chi connectivity index (χ3v) is 5.69. The predicted octanol–water partition coefficient (Wildman–Crippen LogP) is 4.21. The SMILES string of the molecule is CC[C@@H](CO)Nc1nc(Nc2cccc(NC(=O)C3(c4ccccc4)CC3)c2)ncc1F. The average Bonchev–Trinajstić information content (AvgIpc) is 3.62. The van der Waals surface area contributed by atoms with E-state index in [1.54, 1.807) is 6.07 Å². The van der Waals surface area contributed by atoms with Crippen molar-refractivity contribution < 1.29 is 14.3 Å². The van der Waals surface area contributed by atoms with Gasteiger partial charge in [0.25, 0.3) is 0 Å². The van der Waals surface area contributed by atoms with Crippen molar-refractivity contribution in [2.45, 2.75) is 37.6 Å². The molecular weight excluding hydrogens is 409 g/mol. The summed E-state index contributed by atoms with van der Waals surface area (Å²) in [6.45, 7) is 1.75. The van der Waals surface area contributed by atoms with Crippen LogP contribution in [0.25, 0.3) is 0 Å². The minimum absolute atomic E-state index is 0.0198. The van der Waals surface area contributed by atoms with Gasteiger partial charge in [0.05, 0.1) is 24.3 Å². The van der Waals surface area contributed by atoms with Crippen molar-refractivity contribution in [1.82, 2.24) is 9.97 Å². The van der Waals surface area contributed by atoms with Crippen molar-refractivity contribution in [3.63, 3.8) is 0 Å². The molecule has 1 amide bonds. The third-order valence-electron chi connectivity index (χ3n) is 5.69. The highest BCUT2D eigenvalue weighted by atomic mass is 19.1. The van der Waals surface area contributed by atoms with Gasteiger partial charge in [-0.3, -0.25) is 4.79 Å². The normalized spacial score (nSPS) is 15.0. The molecule has 0 saturated heterocycles. The average molecular weight is 436 g/mol. The van der Waals surface area contributed by atoms with Gasteiger partial charge in [-0.1, -0.05) is 43.3 Å². The second kappa shape index (κ2) is 9.32. The fraction of sp³-hybridized carbons (Fsp3) is 0.292. The summed E-state index contributed by atoms with van der Waals surface area (Å²) in [4.78, 5) is 21.1. The molecule has 0 unspecified atom stereocenters. The number of hydrogen-bond donors (Lipinski definition) is 4. The number of hydrogen-bond acceptors (Lipinski definition) is 6. The number of nitrogens with one attached hydrogen (secondary N) is 3. The third kappa shape index (κ3) is 4.70. The summed E-state index contributed by atoms with van der Waals surface area (Å²) < 4.78 is 14.1. The maximum Gasteiger partial charge on any atom is 0.235 e. The van der Waals surface area contributed by atoms with E-state index in [2.05, 4.69) is 25.9 Å². The summed E-state index contributed by atoms with van der Waals surface area (Å²) >= 11 is 0. The first-order chi connectivity index (χ1) is 15.5. The summed E-state index contributed by atoms with van der Waals surface area (Å²) in [6.07, 6.45) is 3.35. The summed E-state index contributed by atoms with van der Waals surface area (Å²) in [5.74, 6) is -0.404. The van der Waals surface area contributed by atoms with Crippen molar-refractivity contribution in [2.75, 3.05) is 22.6 Å². The molecule has 1 atom stereocenters. The van der Waals surface area contributed by atoms with Crippen molar-refractivity contribution >= 4 is 29.0 Å². The van der Waals surface area contributed by atoms with Gasteiger partial charge in [0.2, 0.25) is 11.9 Å². The molecule has 1 aliphatic carbocycles. The van der Waals surface area contributed by atoms with E-state index in [-0.39, 0.29) is 30.3 Å². The number of aromatic nitrogens is 2. The maximum atomic E-state index is 14.1. The van der Waals surface area contributed by atoms with E-state index in [4.69, 9.17) is 0 Å². The van der Waals surface area contributed by atoms with Crippen LogP contribution in [0.5, 0.6) is 0 Å². The second-order valence-corrected chi connectivity index (χ2v) is 7.93. The molecule has 1 aliphatic rings. The Morgan fingerprint density at radius 3 is 2.59 bits per heavy atom. The summed E-state index contributed by atoms with van der Waals surface area (Å²) in [5, 5.41) is 18.3. The number of amides is 1. The van der Waals surface area contributed by atoms with Gasteiger partial charge >= 0.3 is 0 Å². The predicted molar refractivity (Wildman–Crippen MR) is 122 cm³/mol. The Morgan fingerprint density at radius 1 is 1.16 bits per heavy atom. The van der Waals surface area contributed by atoms with Gasteiger partial charge in [-0.05, 0) is 43.0 Å². The number of nitrogens with zero attached hydrogens (tertiary/aromatic N) is 2. The Labute approximate surface area is 186 Å². The Hall–Kier alpha value is -3.52. The molecule has 4 rings (SSSR count). The van der Waals surface area contributed by atoms with E-state index in [0.29, 0.717) is 17.8 Å². The van der Waals surface area contributed by atoms with E-state index in [0.717, 1.165) is 24.6 Å². The topological polar surface area (TPSA) is 99.2 Å². The lowest BCUT2D eigenvalue weighted by Crippen LogP contribution is -2.27. The number of anilines is 4. The van der Waals surface area contributed by atoms with Crippen molar-refractivity contribution in [3.8, 4) is 0 Å². The summed E-state index contributed by atoms with van der Waals surface area (Å²) in [7, 11) is 0. The standard InChI is InChI=1S/C24H26FN5O2/c1-2-17(15-31)27-21-20(25)14-26-23(30-21)29-19-10-6-9-18(13-19)28-22(32)24(11-12-24)16-7-4-3-5-8-16/h3-10,13-14,17,31H,2,11-12,15H2,1H3,(H,28,32)(H2,26,27,29,30)/t17-/m0/s1. The lowest BCUT2D eigenvalue weighted by atomic mass is 9.95. The zero-order chi connectivity index (χ0) is 22.6. The zero-order valence-corrected chi connectivity index (χ0v) is 17.8. The number of aliphatic hydroxyl groups is 1. The quantitative estimate of drug-likeness (QED) is 0.402. The Morgan fingerprint density at radius 2 is 1.91 bits per heavy atom. The molecule has 0 bridgehead atoms. The molecule has 2 aromatic carbocycles. The molecular formula is C24H26FN5O2. The lowest BCUT2D eigenvalue weighted by Gasteiger charge is -2.17. The number of rotatable bonds is 9. The molecule has 0 aliphatic heterocycles. The molecule has 32 heavy (non-hydrogen) atoms. The van der Waals surface area contributed by atoms with E-state index in [1.807, 2.05) is 55.5 Å². The van der Waals surface area contributed by atoms with Crippen LogP contribution in [0.3, 0.4) is 0 Å². The van der Waals surface area contributed by atoms with Crippen LogP contribution < -0.4 is 16.0 Å². The molecule has 8 heteroatoms. The summed E-state index contributed by atoms with van der Waals surface area (Å²) in [5.41, 5.74) is 1.86. The molecule has 1 heterocycles. The first kappa shape index (κ1) is 21.7. The second-order valence-electron chi connectivity index (χ2n) is 7.93. The molecule has 1 fully saturated rings. The van der Waals surface area contributed by atoms with Gasteiger partial charge in [0.15, 0.2) is 11.6 Å². The molecule has 0 spiro atoms. The van der Waals surface area contributed by atoms with Crippen LogP contribution in [0.1, 0.15) is 31.7 Å². The van der Waals surface area contributed by atoms with Gasteiger partial charge < -0.3 is 21.1 Å². The van der Waals surface area contributed by atoms with Crippen LogP contribution >= 0.6 is 0 Å². The van der Waals surface area contributed by atoms with Crippen molar-refractivity contribution in [2.24, 2.45) is 0 Å². The number of carbonyl (C=O) groups is 1. The highest BCUT2D eigenvalue weighted by Gasteiger charge is 2.51. The Kier molecular flexibility index (Phi) is 6.32. The van der Waals surface area contributed by atoms with Crippen LogP contribution in [0.2, 0.25) is 0 Å². The molecule has 0 radical (unpaired) electrons. The van der Waals surface area contributed by atoms with Crippen molar-refractivity contribution in [1.29, 1.82) is 0 Å². The van der Waals surface area contributed by atoms with Crippen molar-refractivity contribution in [3.05, 3.63) is 72.2 Å². The molecule has 166 valence electrons. The van der Waals surface area contributed by atoms with E-state index >= 15 is 0 Å². The lowest BCUT2D eigenvalue weighted by molar-refractivity contribution is -0.118. The van der Waals surface area contributed by atoms with Gasteiger partial charge in [-0.25, -0.2) is 9.37 Å². The zero-order valence-electron chi connectivity index (χ0n) is 17.8. The number of carbonyl (C=O) groups excluding carboxylic acids is 1. The summed E-state index contributed by atoms with van der Waals surface area (Å²) in [6, 6.07) is 16.7. The monoisotopic (exact) mass is 435 g/mol. The van der Waals surface area contributed by atoms with Crippen LogP contribution in [-0.2, 0) is 10.2 Å². The molecule has 1 saturated carbocycles. The van der Waals surface area contributed by atoms with Crippen LogP contribution in [-0.4, -0.2) is 33.6 Å². The smallest absolute Gasteiger partial charge is 0.235 e. The first-order valence-electron chi connectivity index (χ1n) is 10.7. The van der Waals surface area contributed by atoms with Crippen LogP contribution in [0.15, 0.2) is 60.8 Å². The number of benzene rings is 2. The molecule has 4 N–H and O–H groups in total. The fourth-order valence-corrected chi connectivity index (χ4v) is 3.58. The van der Waals surface area contributed by atoms with E-state index < -0.39 is 11.2 Å². The van der Waals surface area contributed by atoms with E-state index in [1.165, 1.54) is 0 Å². The van der Waals surface area contributed by atoms with Gasteiger partial charge in [0.1, 0.15) is 0 Å². The van der Waals surface area contributed by atoms with E-state index in [9.17, 15) is 14.3 Å². The Balaban J connectivity index is 1.46. The van der Waals surface area contributed by atoms with Gasteiger partial charge in [-0.2, -0.15) is 4.98 Å². The molecule has 3 aromatic rings. The van der Waals surface area contributed by atoms with Gasteiger partial charge in [0, 0.05) is 11.4 Å². The van der Waals surface area contributed by atoms with Gasteiger partial charge in [-0.15, -0.1) is 0 Å². The highest BCUT2D eigenvalue weighted by Crippen LogP contribution is 2.49. The van der Waals surface area contributed by atoms with Crippen LogP contribution in [0, 0.1) is 5.82 Å². The minimum Gasteiger partial charge on any atom is -0.394 e. The highest BCUT2D eigenvalue weighted by molar-refractivity contribution is 6.01. The number of halogens is 1. The minimum atomic E-state index is -0.598. The largest absolute Gasteiger partial charge is 0.394 e. The fourth-order valence-electron chi connectivity index (χ4n) is 3.58. The molecule has 1 aromatic heterocycles. The number of aliphatic hydroxyl groups excluding tert-OH is 1. The maximum absolute atomic E-state index is 14.1.